The molecule has 1 unspecified atom stereocenters. The molecule has 0 heterocycles. The first-order chi connectivity index (χ1) is 7.77. The number of halogens is 1. The van der Waals surface area contributed by atoms with E-state index in [-0.39, 0.29) is 22.0 Å². The van der Waals surface area contributed by atoms with Crippen molar-refractivity contribution >= 4 is 31.7 Å². The number of hydrogen-bond acceptors (Lipinski definition) is 4. The minimum atomic E-state index is -3.92. The van der Waals surface area contributed by atoms with Gasteiger partial charge in [0.1, 0.15) is 10.6 Å². The summed E-state index contributed by atoms with van der Waals surface area (Å²) in [6.45, 7) is 1.66. The number of alkyl halides is 1. The van der Waals surface area contributed by atoms with Crippen molar-refractivity contribution in [1.82, 2.24) is 0 Å². The molecule has 0 aromatic heterocycles. The smallest absolute Gasteiger partial charge is 0.241 e. The number of carbonyl (C=O) groups excluding carboxylic acids is 1. The number of rotatable bonds is 4. The minimum Gasteiger partial charge on any atom is -0.495 e. The van der Waals surface area contributed by atoms with Crippen LogP contribution >= 0.6 is 15.9 Å². The van der Waals surface area contributed by atoms with Gasteiger partial charge in [-0.3, -0.25) is 4.79 Å². The van der Waals surface area contributed by atoms with Gasteiger partial charge in [0.2, 0.25) is 10.0 Å². The van der Waals surface area contributed by atoms with Crippen LogP contribution in [0.3, 0.4) is 0 Å². The summed E-state index contributed by atoms with van der Waals surface area (Å²) in [4.78, 5) is 11.1. The lowest BCUT2D eigenvalue weighted by molar-refractivity contribution is 0.0995. The molecule has 0 saturated heterocycles. The second kappa shape index (κ2) is 5.16. The fraction of sp³-hybridized carbons (Fsp3) is 0.300. The predicted molar refractivity (Wildman–Crippen MR) is 67.1 cm³/mol. The Hall–Kier alpha value is -0.920. The first-order valence-corrected chi connectivity index (χ1v) is 7.12. The molecule has 5 nitrogen and oxygen atoms in total. The van der Waals surface area contributed by atoms with Gasteiger partial charge in [-0.2, -0.15) is 0 Å². The van der Waals surface area contributed by atoms with Gasteiger partial charge in [-0.05, 0) is 25.1 Å². The zero-order valence-corrected chi connectivity index (χ0v) is 11.7. The Morgan fingerprint density at radius 3 is 2.47 bits per heavy atom. The van der Waals surface area contributed by atoms with Crippen molar-refractivity contribution in [3.63, 3.8) is 0 Å². The van der Waals surface area contributed by atoms with Crippen molar-refractivity contribution in [2.24, 2.45) is 5.14 Å². The molecular formula is C10H12BrNO4S. The van der Waals surface area contributed by atoms with E-state index in [1.54, 1.807) is 6.92 Å². The van der Waals surface area contributed by atoms with E-state index >= 15 is 0 Å². The van der Waals surface area contributed by atoms with Crippen molar-refractivity contribution in [2.75, 3.05) is 7.11 Å². The Balaban J connectivity index is 3.38. The lowest BCUT2D eigenvalue weighted by atomic mass is 10.1. The number of nitrogens with two attached hydrogens (primary N) is 1. The largest absolute Gasteiger partial charge is 0.495 e. The second-order valence-corrected chi connectivity index (χ2v) is 6.29. The highest BCUT2D eigenvalue weighted by Gasteiger charge is 2.19. The molecule has 1 aromatic carbocycles. The molecule has 2 N–H and O–H groups in total. The normalized spacial score (nSPS) is 13.2. The molecule has 0 fully saturated rings. The van der Waals surface area contributed by atoms with Gasteiger partial charge >= 0.3 is 0 Å². The maximum Gasteiger partial charge on any atom is 0.241 e. The molecule has 1 atom stereocenters. The van der Waals surface area contributed by atoms with E-state index in [0.717, 1.165) is 0 Å². The van der Waals surface area contributed by atoms with E-state index in [0.29, 0.717) is 0 Å². The topological polar surface area (TPSA) is 86.5 Å². The highest BCUT2D eigenvalue weighted by Crippen LogP contribution is 2.24. The third-order valence-corrected chi connectivity index (χ3v) is 3.46. The quantitative estimate of drug-likeness (QED) is 0.669. The van der Waals surface area contributed by atoms with Crippen LogP contribution in [0.5, 0.6) is 5.75 Å². The van der Waals surface area contributed by atoms with Crippen molar-refractivity contribution in [3.05, 3.63) is 23.8 Å². The second-order valence-electron chi connectivity index (χ2n) is 3.39. The Labute approximate surface area is 108 Å². The van der Waals surface area contributed by atoms with Gasteiger partial charge in [0.25, 0.3) is 0 Å². The van der Waals surface area contributed by atoms with E-state index in [2.05, 4.69) is 15.9 Å². The van der Waals surface area contributed by atoms with E-state index < -0.39 is 14.9 Å². The van der Waals surface area contributed by atoms with E-state index in [9.17, 15) is 13.2 Å². The maximum absolute atomic E-state index is 11.7. The summed E-state index contributed by atoms with van der Waals surface area (Å²) in [7, 11) is -2.59. The number of benzene rings is 1. The summed E-state index contributed by atoms with van der Waals surface area (Å²) in [5.41, 5.74) is 0.263. The van der Waals surface area contributed by atoms with Crippen LogP contribution in [0.25, 0.3) is 0 Å². The fourth-order valence-corrected chi connectivity index (χ4v) is 2.27. The van der Waals surface area contributed by atoms with Crippen LogP contribution in [0.4, 0.5) is 0 Å². The Kier molecular flexibility index (Phi) is 4.29. The zero-order valence-electron chi connectivity index (χ0n) is 9.31. The average Bonchev–Trinajstić information content (AvgIpc) is 2.25. The van der Waals surface area contributed by atoms with Crippen molar-refractivity contribution in [3.8, 4) is 5.75 Å². The van der Waals surface area contributed by atoms with Crippen LogP contribution in [-0.4, -0.2) is 26.1 Å². The standard InChI is InChI=1S/C10H12BrNO4S/c1-6(11)10(13)7-3-4-8(16-2)9(5-7)17(12,14)15/h3-6H,1-2H3,(H2,12,14,15). The third-order valence-electron chi connectivity index (χ3n) is 2.12. The zero-order chi connectivity index (χ0) is 13.2. The molecule has 0 saturated carbocycles. The summed E-state index contributed by atoms with van der Waals surface area (Å²) >= 11 is 3.13. The molecule has 0 bridgehead atoms. The van der Waals surface area contributed by atoms with Crippen LogP contribution in [0.1, 0.15) is 17.3 Å². The summed E-state index contributed by atoms with van der Waals surface area (Å²) < 4.78 is 27.5. The van der Waals surface area contributed by atoms with Gasteiger partial charge in [0.05, 0.1) is 11.9 Å². The number of hydrogen-bond donors (Lipinski definition) is 1. The van der Waals surface area contributed by atoms with E-state index in [1.165, 1.54) is 25.3 Å². The van der Waals surface area contributed by atoms with Crippen LogP contribution in [0.15, 0.2) is 23.1 Å². The Bertz CT molecular complexity index is 539. The van der Waals surface area contributed by atoms with Crippen molar-refractivity contribution in [2.45, 2.75) is 16.6 Å². The third kappa shape index (κ3) is 3.27. The van der Waals surface area contributed by atoms with Crippen LogP contribution in [0.2, 0.25) is 0 Å². The van der Waals surface area contributed by atoms with Gasteiger partial charge in [-0.1, -0.05) is 15.9 Å². The van der Waals surface area contributed by atoms with Crippen LogP contribution < -0.4 is 9.88 Å². The number of ether oxygens (including phenoxy) is 1. The molecule has 17 heavy (non-hydrogen) atoms. The molecule has 0 aliphatic carbocycles. The van der Waals surface area contributed by atoms with Gasteiger partial charge < -0.3 is 4.74 Å². The van der Waals surface area contributed by atoms with Crippen molar-refractivity contribution < 1.29 is 17.9 Å². The molecule has 0 amide bonds. The number of sulfonamides is 1. The first kappa shape index (κ1) is 14.1. The summed E-state index contributed by atoms with van der Waals surface area (Å²) in [6, 6.07) is 4.12. The summed E-state index contributed by atoms with van der Waals surface area (Å²) in [5.74, 6) is -0.108. The number of carbonyl (C=O) groups is 1. The lowest BCUT2D eigenvalue weighted by Gasteiger charge is -2.09. The molecule has 0 aliphatic heterocycles. The number of ketones is 1. The van der Waals surface area contributed by atoms with Crippen LogP contribution in [0, 0.1) is 0 Å². The Morgan fingerprint density at radius 2 is 2.06 bits per heavy atom. The molecule has 1 rings (SSSR count). The van der Waals surface area contributed by atoms with Gasteiger partial charge in [0.15, 0.2) is 5.78 Å². The Morgan fingerprint density at radius 1 is 1.47 bits per heavy atom. The number of methoxy groups -OCH3 is 1. The highest BCUT2D eigenvalue weighted by atomic mass is 79.9. The van der Waals surface area contributed by atoms with E-state index in [1.807, 2.05) is 0 Å². The number of Topliss-reactive ketones (excluding diaryl/α,β-unsaturated/α-hetero) is 1. The molecule has 0 aliphatic rings. The lowest BCUT2D eigenvalue weighted by Crippen LogP contribution is -2.16. The fourth-order valence-electron chi connectivity index (χ4n) is 1.28. The molecule has 0 radical (unpaired) electrons. The monoisotopic (exact) mass is 321 g/mol. The molecule has 94 valence electrons. The first-order valence-electron chi connectivity index (χ1n) is 4.66. The van der Waals surface area contributed by atoms with Gasteiger partial charge in [-0.15, -0.1) is 0 Å². The highest BCUT2D eigenvalue weighted by molar-refractivity contribution is 9.10. The van der Waals surface area contributed by atoms with Gasteiger partial charge in [-0.25, -0.2) is 13.6 Å². The minimum absolute atomic E-state index is 0.117. The van der Waals surface area contributed by atoms with Crippen LogP contribution in [-0.2, 0) is 10.0 Å². The van der Waals surface area contributed by atoms with Gasteiger partial charge in [0, 0.05) is 5.56 Å². The average molecular weight is 322 g/mol. The predicted octanol–water partition coefficient (Wildman–Crippen LogP) is 1.31. The summed E-state index contributed by atoms with van der Waals surface area (Å²) in [5, 5.41) is 5.05. The summed E-state index contributed by atoms with van der Waals surface area (Å²) in [6.07, 6.45) is 0. The maximum atomic E-state index is 11.7. The molecule has 7 heteroatoms. The van der Waals surface area contributed by atoms with E-state index in [4.69, 9.17) is 9.88 Å². The van der Waals surface area contributed by atoms with Crippen molar-refractivity contribution in [1.29, 1.82) is 0 Å². The molecular weight excluding hydrogens is 310 g/mol. The molecule has 1 aromatic rings. The SMILES string of the molecule is COc1ccc(C(=O)C(C)Br)cc1S(N)(=O)=O. The molecule has 0 spiro atoms. The number of primary sulfonamides is 1.